The summed E-state index contributed by atoms with van der Waals surface area (Å²) in [6, 6.07) is 0. The summed E-state index contributed by atoms with van der Waals surface area (Å²) in [6.45, 7) is 5.26. The van der Waals surface area contributed by atoms with Crippen molar-refractivity contribution >= 4 is 22.4 Å². The van der Waals surface area contributed by atoms with E-state index in [2.05, 4.69) is 24.2 Å². The van der Waals surface area contributed by atoms with Gasteiger partial charge in [0.2, 0.25) is 5.13 Å². The van der Waals surface area contributed by atoms with Crippen LogP contribution in [0.5, 0.6) is 0 Å². The topological polar surface area (TPSA) is 77.3 Å². The van der Waals surface area contributed by atoms with Gasteiger partial charge in [-0.25, -0.2) is 4.98 Å². The molecule has 1 heterocycles. The summed E-state index contributed by atoms with van der Waals surface area (Å²) in [5.41, 5.74) is 13.5. The normalized spacial score (nSPS) is 45.0. The molecule has 4 fully saturated rings. The molecule has 0 bridgehead atoms. The van der Waals surface area contributed by atoms with Crippen LogP contribution in [-0.2, 0) is 0 Å². The number of hydrogen-bond acceptors (Lipinski definition) is 3. The van der Waals surface area contributed by atoms with Crippen LogP contribution in [0.1, 0.15) is 89.7 Å². The lowest BCUT2D eigenvalue weighted by Gasteiger charge is -2.60. The Balaban J connectivity index is 1.39. The van der Waals surface area contributed by atoms with E-state index in [9.17, 15) is 0 Å². The highest BCUT2D eigenvalue weighted by atomic mass is 32.1. The van der Waals surface area contributed by atoms with E-state index in [0.29, 0.717) is 21.9 Å². The zero-order valence-corrected chi connectivity index (χ0v) is 18.3. The first-order valence-corrected chi connectivity index (χ1v) is 12.3. The SMILES string of the molecule is C[C@@]12CCC[C@H]1[C@@H]1CCC3CCC(c4csc(N=C(N)N)n4)C[C@]3(C)[C@H]1CC2. The molecule has 4 nitrogen and oxygen atoms in total. The first-order valence-electron chi connectivity index (χ1n) is 11.4. The van der Waals surface area contributed by atoms with Gasteiger partial charge in [-0.2, -0.15) is 4.99 Å². The standard InChI is InChI=1S/C23H36N4S/c1-22-10-3-4-17(22)16-8-7-15-6-5-14(12-23(15,2)18(16)9-11-22)19-13-28-21(26-19)27-20(24)25/h13-18H,3-12H2,1-2H3,(H4,24,25,26,27)/t14?,15?,16-,17-,18-,22-,23-/m0/s1. The lowest BCUT2D eigenvalue weighted by atomic mass is 9.44. The molecule has 4 N–H and O–H groups in total. The number of fused-ring (bicyclic) bond motifs is 5. The van der Waals surface area contributed by atoms with Gasteiger partial charge in [0.05, 0.1) is 5.69 Å². The van der Waals surface area contributed by atoms with Crippen molar-refractivity contribution in [1.82, 2.24) is 4.98 Å². The van der Waals surface area contributed by atoms with Gasteiger partial charge in [0.1, 0.15) is 0 Å². The van der Waals surface area contributed by atoms with Crippen molar-refractivity contribution in [1.29, 1.82) is 0 Å². The molecular formula is C23H36N4S. The van der Waals surface area contributed by atoms with Crippen LogP contribution in [0, 0.1) is 34.5 Å². The molecule has 154 valence electrons. The maximum Gasteiger partial charge on any atom is 0.212 e. The molecule has 0 aliphatic heterocycles. The fourth-order valence-corrected chi connectivity index (χ4v) is 9.02. The van der Waals surface area contributed by atoms with Crippen LogP contribution in [-0.4, -0.2) is 10.9 Å². The van der Waals surface area contributed by atoms with Crippen molar-refractivity contribution in [3.8, 4) is 0 Å². The maximum atomic E-state index is 5.54. The Morgan fingerprint density at radius 2 is 1.89 bits per heavy atom. The smallest absolute Gasteiger partial charge is 0.212 e. The van der Waals surface area contributed by atoms with Gasteiger partial charge < -0.3 is 11.5 Å². The van der Waals surface area contributed by atoms with Crippen molar-refractivity contribution in [2.75, 3.05) is 0 Å². The van der Waals surface area contributed by atoms with Gasteiger partial charge in [-0.3, -0.25) is 0 Å². The van der Waals surface area contributed by atoms with E-state index in [4.69, 9.17) is 16.5 Å². The summed E-state index contributed by atoms with van der Waals surface area (Å²) in [6.07, 6.45) is 14.3. The van der Waals surface area contributed by atoms with Crippen molar-refractivity contribution in [2.24, 2.45) is 51.0 Å². The minimum Gasteiger partial charge on any atom is -0.370 e. The molecule has 4 saturated carbocycles. The monoisotopic (exact) mass is 400 g/mol. The summed E-state index contributed by atoms with van der Waals surface area (Å²) in [5, 5.41) is 2.91. The number of guanidine groups is 1. The second-order valence-electron chi connectivity index (χ2n) is 10.8. The van der Waals surface area contributed by atoms with E-state index in [1.54, 1.807) is 11.3 Å². The zero-order chi connectivity index (χ0) is 19.5. The number of thiazole rings is 1. The molecule has 0 spiro atoms. The highest BCUT2D eigenvalue weighted by Crippen LogP contribution is 2.67. The van der Waals surface area contributed by atoms with Crippen LogP contribution in [0.2, 0.25) is 0 Å². The molecule has 0 saturated heterocycles. The van der Waals surface area contributed by atoms with E-state index < -0.39 is 0 Å². The molecule has 4 aliphatic rings. The zero-order valence-electron chi connectivity index (χ0n) is 17.5. The highest BCUT2D eigenvalue weighted by Gasteiger charge is 2.58. The Morgan fingerprint density at radius 1 is 1.07 bits per heavy atom. The number of hydrogen-bond donors (Lipinski definition) is 2. The van der Waals surface area contributed by atoms with Crippen LogP contribution in [0.25, 0.3) is 0 Å². The minimum absolute atomic E-state index is 0.105. The molecular weight excluding hydrogens is 364 g/mol. The summed E-state index contributed by atoms with van der Waals surface area (Å²) in [5.74, 6) is 4.52. The molecule has 0 amide bonds. The lowest BCUT2D eigenvalue weighted by molar-refractivity contribution is -0.107. The van der Waals surface area contributed by atoms with Crippen molar-refractivity contribution in [3.63, 3.8) is 0 Å². The quantitative estimate of drug-likeness (QED) is 0.503. The molecule has 5 rings (SSSR count). The van der Waals surface area contributed by atoms with Crippen molar-refractivity contribution < 1.29 is 0 Å². The Bertz CT molecular complexity index is 768. The van der Waals surface area contributed by atoms with Gasteiger partial charge in [-0.15, -0.1) is 11.3 Å². The van der Waals surface area contributed by atoms with E-state index >= 15 is 0 Å². The van der Waals surface area contributed by atoms with Gasteiger partial charge in [0.15, 0.2) is 5.96 Å². The Morgan fingerprint density at radius 3 is 2.71 bits per heavy atom. The summed E-state index contributed by atoms with van der Waals surface area (Å²) in [4.78, 5) is 8.94. The average molecular weight is 401 g/mol. The molecule has 1 aromatic rings. The fourth-order valence-electron chi connectivity index (χ4n) is 8.23. The van der Waals surface area contributed by atoms with E-state index in [1.165, 1.54) is 69.9 Å². The first-order chi connectivity index (χ1) is 13.4. The lowest BCUT2D eigenvalue weighted by Crippen LogP contribution is -2.52. The van der Waals surface area contributed by atoms with E-state index in [-0.39, 0.29) is 5.96 Å². The second kappa shape index (κ2) is 6.72. The Hall–Kier alpha value is -1.10. The summed E-state index contributed by atoms with van der Waals surface area (Å²) >= 11 is 1.58. The van der Waals surface area contributed by atoms with Crippen LogP contribution < -0.4 is 11.5 Å². The molecule has 1 aromatic heterocycles. The first kappa shape index (κ1) is 18.9. The predicted octanol–water partition coefficient (Wildman–Crippen LogP) is 5.56. The van der Waals surface area contributed by atoms with Crippen LogP contribution in [0.4, 0.5) is 5.13 Å². The molecule has 4 aliphatic carbocycles. The number of nitrogens with two attached hydrogens (primary N) is 2. The average Bonchev–Trinajstić information content (AvgIpc) is 3.26. The fraction of sp³-hybridized carbons (Fsp3) is 0.826. The summed E-state index contributed by atoms with van der Waals surface area (Å²) in [7, 11) is 0. The van der Waals surface area contributed by atoms with Gasteiger partial charge in [0.25, 0.3) is 0 Å². The molecule has 2 unspecified atom stereocenters. The molecule has 0 aromatic carbocycles. The number of aliphatic imine (C=N–C) groups is 1. The van der Waals surface area contributed by atoms with Crippen molar-refractivity contribution in [3.05, 3.63) is 11.1 Å². The van der Waals surface area contributed by atoms with Crippen LogP contribution in [0.3, 0.4) is 0 Å². The number of aromatic nitrogens is 1. The second-order valence-corrected chi connectivity index (χ2v) is 11.6. The van der Waals surface area contributed by atoms with Gasteiger partial charge in [-0.1, -0.05) is 20.3 Å². The van der Waals surface area contributed by atoms with Crippen LogP contribution in [0.15, 0.2) is 10.4 Å². The number of rotatable bonds is 2. The third-order valence-electron chi connectivity index (χ3n) is 9.55. The van der Waals surface area contributed by atoms with E-state index in [1.807, 2.05) is 0 Å². The minimum atomic E-state index is 0.105. The highest BCUT2D eigenvalue weighted by molar-refractivity contribution is 7.13. The van der Waals surface area contributed by atoms with Crippen molar-refractivity contribution in [2.45, 2.75) is 84.0 Å². The van der Waals surface area contributed by atoms with E-state index in [0.717, 1.165) is 23.7 Å². The van der Waals surface area contributed by atoms with Gasteiger partial charge in [0, 0.05) is 11.3 Å². The van der Waals surface area contributed by atoms with Crippen LogP contribution >= 0.6 is 11.3 Å². The van der Waals surface area contributed by atoms with Gasteiger partial charge in [-0.05, 0) is 92.3 Å². The molecule has 0 radical (unpaired) electrons. The summed E-state index contributed by atoms with van der Waals surface area (Å²) < 4.78 is 0. The number of nitrogens with zero attached hydrogens (tertiary/aromatic N) is 2. The molecule has 5 heteroatoms. The maximum absolute atomic E-state index is 5.54. The Kier molecular flexibility index (Phi) is 4.53. The molecule has 28 heavy (non-hydrogen) atoms. The Labute approximate surface area is 173 Å². The third kappa shape index (κ3) is 2.91. The predicted molar refractivity (Wildman–Crippen MR) is 117 cm³/mol. The molecule has 7 atom stereocenters. The van der Waals surface area contributed by atoms with Gasteiger partial charge >= 0.3 is 0 Å². The third-order valence-corrected chi connectivity index (χ3v) is 10.3. The largest absolute Gasteiger partial charge is 0.370 e.